The summed E-state index contributed by atoms with van der Waals surface area (Å²) in [5.74, 6) is 0.779. The highest BCUT2D eigenvalue weighted by Gasteiger charge is 2.40. The van der Waals surface area contributed by atoms with Crippen molar-refractivity contribution in [3.05, 3.63) is 0 Å². The van der Waals surface area contributed by atoms with E-state index in [-0.39, 0.29) is 11.9 Å². The Kier molecular flexibility index (Phi) is 4.75. The van der Waals surface area contributed by atoms with E-state index in [4.69, 9.17) is 14.2 Å². The monoisotopic (exact) mass is 284 g/mol. The zero-order valence-electron chi connectivity index (χ0n) is 13.3. The molecule has 0 amide bonds. The quantitative estimate of drug-likeness (QED) is 0.746. The van der Waals surface area contributed by atoms with Crippen molar-refractivity contribution >= 4 is 5.97 Å². The van der Waals surface area contributed by atoms with E-state index in [9.17, 15) is 4.79 Å². The lowest BCUT2D eigenvalue weighted by molar-refractivity contribution is -0.203. The molecule has 0 N–H and O–H groups in total. The molecule has 0 aromatic heterocycles. The molecule has 2 aliphatic rings. The van der Waals surface area contributed by atoms with E-state index >= 15 is 0 Å². The molecular weight excluding hydrogens is 256 g/mol. The van der Waals surface area contributed by atoms with Crippen molar-refractivity contribution in [2.75, 3.05) is 6.61 Å². The molecular formula is C16H28O4. The highest BCUT2D eigenvalue weighted by molar-refractivity contribution is 5.73. The molecule has 116 valence electrons. The number of hydrogen-bond acceptors (Lipinski definition) is 4. The summed E-state index contributed by atoms with van der Waals surface area (Å²) in [6.45, 7) is 10.6. The summed E-state index contributed by atoms with van der Waals surface area (Å²) in [5, 5.41) is 0. The van der Waals surface area contributed by atoms with Gasteiger partial charge < -0.3 is 14.2 Å². The van der Waals surface area contributed by atoms with Crippen molar-refractivity contribution in [1.29, 1.82) is 0 Å². The van der Waals surface area contributed by atoms with E-state index in [1.165, 1.54) is 6.42 Å². The Morgan fingerprint density at radius 1 is 1.30 bits per heavy atom. The van der Waals surface area contributed by atoms with E-state index in [0.29, 0.717) is 24.4 Å². The second-order valence-corrected chi connectivity index (χ2v) is 7.13. The third-order valence-electron chi connectivity index (χ3n) is 4.55. The lowest BCUT2D eigenvalue weighted by Gasteiger charge is -2.36. The van der Waals surface area contributed by atoms with Gasteiger partial charge in [-0.25, -0.2) is 0 Å². The van der Waals surface area contributed by atoms with Gasteiger partial charge in [-0.15, -0.1) is 0 Å². The van der Waals surface area contributed by atoms with Crippen LogP contribution in [0, 0.1) is 23.7 Å². The Morgan fingerprint density at radius 2 is 2.00 bits per heavy atom. The molecule has 0 bridgehead atoms. The van der Waals surface area contributed by atoms with Gasteiger partial charge in [0, 0.05) is 0 Å². The summed E-state index contributed by atoms with van der Waals surface area (Å²) in [4.78, 5) is 12.5. The topological polar surface area (TPSA) is 44.8 Å². The number of ether oxygens (including phenoxy) is 3. The van der Waals surface area contributed by atoms with Crippen molar-refractivity contribution < 1.29 is 19.0 Å². The van der Waals surface area contributed by atoms with Crippen LogP contribution in [0.2, 0.25) is 0 Å². The predicted molar refractivity (Wildman–Crippen MR) is 75.8 cm³/mol. The number of carbonyl (C=O) groups is 1. The molecule has 2 rings (SSSR count). The summed E-state index contributed by atoms with van der Waals surface area (Å²) < 4.78 is 16.5. The van der Waals surface area contributed by atoms with Crippen LogP contribution in [-0.4, -0.2) is 24.7 Å². The number of carbonyl (C=O) groups excluding carboxylic acids is 1. The molecule has 0 aromatic rings. The highest BCUT2D eigenvalue weighted by Crippen LogP contribution is 2.39. The van der Waals surface area contributed by atoms with Crippen molar-refractivity contribution in [2.24, 2.45) is 23.7 Å². The fourth-order valence-corrected chi connectivity index (χ4v) is 3.40. The van der Waals surface area contributed by atoms with Crippen LogP contribution in [0.5, 0.6) is 0 Å². The lowest BCUT2D eigenvalue weighted by atomic mass is 9.70. The van der Waals surface area contributed by atoms with Crippen LogP contribution in [0.15, 0.2) is 0 Å². The van der Waals surface area contributed by atoms with Crippen LogP contribution in [0.25, 0.3) is 0 Å². The van der Waals surface area contributed by atoms with Crippen molar-refractivity contribution in [2.45, 2.75) is 66.0 Å². The third-order valence-corrected chi connectivity index (χ3v) is 4.55. The summed E-state index contributed by atoms with van der Waals surface area (Å²) in [7, 11) is 0. The van der Waals surface area contributed by atoms with Gasteiger partial charge in [-0.1, -0.05) is 27.2 Å². The van der Waals surface area contributed by atoms with Crippen molar-refractivity contribution in [3.8, 4) is 0 Å². The smallest absolute Gasteiger partial charge is 0.311 e. The van der Waals surface area contributed by atoms with Crippen LogP contribution < -0.4 is 0 Å². The molecule has 1 saturated heterocycles. The minimum absolute atomic E-state index is 0.00561. The number of rotatable bonds is 3. The molecule has 0 aromatic carbocycles. The van der Waals surface area contributed by atoms with Gasteiger partial charge in [0.1, 0.15) is 6.61 Å². The maximum Gasteiger partial charge on any atom is 0.311 e. The molecule has 1 aliphatic carbocycles. The molecule has 1 saturated carbocycles. The van der Waals surface area contributed by atoms with Gasteiger partial charge >= 0.3 is 5.97 Å². The first kappa shape index (κ1) is 15.8. The van der Waals surface area contributed by atoms with Crippen molar-refractivity contribution in [1.82, 2.24) is 0 Å². The van der Waals surface area contributed by atoms with E-state index < -0.39 is 12.1 Å². The average molecular weight is 284 g/mol. The zero-order valence-corrected chi connectivity index (χ0v) is 13.3. The van der Waals surface area contributed by atoms with Crippen LogP contribution in [0.4, 0.5) is 0 Å². The van der Waals surface area contributed by atoms with E-state index in [1.807, 2.05) is 13.8 Å². The molecule has 4 heteroatoms. The maximum absolute atomic E-state index is 12.5. The van der Waals surface area contributed by atoms with Gasteiger partial charge in [-0.2, -0.15) is 0 Å². The molecule has 0 radical (unpaired) electrons. The van der Waals surface area contributed by atoms with Crippen LogP contribution >= 0.6 is 0 Å². The molecule has 2 fully saturated rings. The van der Waals surface area contributed by atoms with Gasteiger partial charge in [0.15, 0.2) is 5.79 Å². The van der Waals surface area contributed by atoms with E-state index in [0.717, 1.165) is 12.8 Å². The number of hydrogen-bond donors (Lipinski definition) is 0. The Bertz CT molecular complexity index is 350. The minimum atomic E-state index is -0.651. The Morgan fingerprint density at radius 3 is 2.55 bits per heavy atom. The SMILES string of the molecule is CC1CCC(C(C)C)C(C(=O)OC2COC(C)(C)O2)C1. The predicted octanol–water partition coefficient (Wildman–Crippen LogP) is 3.35. The summed E-state index contributed by atoms with van der Waals surface area (Å²) in [6.07, 6.45) is 2.70. The molecule has 0 spiro atoms. The van der Waals surface area contributed by atoms with Crippen molar-refractivity contribution in [3.63, 3.8) is 0 Å². The van der Waals surface area contributed by atoms with Crippen LogP contribution in [0.1, 0.15) is 53.9 Å². The Labute approximate surface area is 122 Å². The Hall–Kier alpha value is -0.610. The fourth-order valence-electron chi connectivity index (χ4n) is 3.40. The highest BCUT2D eigenvalue weighted by atomic mass is 16.8. The Balaban J connectivity index is 1.95. The summed E-state index contributed by atoms with van der Waals surface area (Å²) in [6, 6.07) is 0. The first-order chi connectivity index (χ1) is 9.28. The molecule has 1 heterocycles. The van der Waals surface area contributed by atoms with Gasteiger partial charge in [-0.05, 0) is 44.4 Å². The number of esters is 1. The first-order valence-electron chi connectivity index (χ1n) is 7.81. The molecule has 1 aliphatic heterocycles. The second kappa shape index (κ2) is 6.02. The molecule has 20 heavy (non-hydrogen) atoms. The van der Waals surface area contributed by atoms with E-state index in [2.05, 4.69) is 20.8 Å². The maximum atomic E-state index is 12.5. The molecule has 4 nitrogen and oxygen atoms in total. The van der Waals surface area contributed by atoms with Gasteiger partial charge in [-0.3, -0.25) is 4.79 Å². The standard InChI is InChI=1S/C16H28O4/c1-10(2)12-7-6-11(3)8-13(12)15(17)19-14-9-18-16(4,5)20-14/h10-14H,6-9H2,1-5H3. The van der Waals surface area contributed by atoms with Crippen LogP contribution in [-0.2, 0) is 19.0 Å². The van der Waals surface area contributed by atoms with E-state index in [1.54, 1.807) is 0 Å². The third kappa shape index (κ3) is 3.73. The summed E-state index contributed by atoms with van der Waals surface area (Å²) >= 11 is 0. The second-order valence-electron chi connectivity index (χ2n) is 7.13. The zero-order chi connectivity index (χ0) is 14.9. The van der Waals surface area contributed by atoms with Gasteiger partial charge in [0.25, 0.3) is 0 Å². The van der Waals surface area contributed by atoms with Crippen LogP contribution in [0.3, 0.4) is 0 Å². The normalized spacial score (nSPS) is 37.1. The largest absolute Gasteiger partial charge is 0.433 e. The van der Waals surface area contributed by atoms with Gasteiger partial charge in [0.05, 0.1) is 5.92 Å². The minimum Gasteiger partial charge on any atom is -0.433 e. The van der Waals surface area contributed by atoms with Gasteiger partial charge in [0.2, 0.25) is 6.29 Å². The lowest BCUT2D eigenvalue weighted by Crippen LogP contribution is -2.36. The first-order valence-corrected chi connectivity index (χ1v) is 7.81. The molecule has 4 unspecified atom stereocenters. The molecule has 4 atom stereocenters. The fraction of sp³-hybridized carbons (Fsp3) is 0.938. The summed E-state index contributed by atoms with van der Waals surface area (Å²) in [5.41, 5.74) is 0. The average Bonchev–Trinajstić information content (AvgIpc) is 2.68.